The molecule has 1 aliphatic carbocycles. The summed E-state index contributed by atoms with van der Waals surface area (Å²) < 4.78 is 11.1. The van der Waals surface area contributed by atoms with Crippen molar-refractivity contribution in [1.29, 1.82) is 0 Å². The van der Waals surface area contributed by atoms with E-state index in [-0.39, 0.29) is 28.8 Å². The molecule has 0 bridgehead atoms. The minimum Gasteiger partial charge on any atom is -0.500 e. The van der Waals surface area contributed by atoms with Gasteiger partial charge in [-0.05, 0) is 27.2 Å². The van der Waals surface area contributed by atoms with Crippen LogP contribution in [0.25, 0.3) is 0 Å². The van der Waals surface area contributed by atoms with Crippen LogP contribution in [0.3, 0.4) is 0 Å². The van der Waals surface area contributed by atoms with E-state index in [4.69, 9.17) is 9.47 Å². The van der Waals surface area contributed by atoms with Crippen LogP contribution >= 0.6 is 0 Å². The number of rotatable bonds is 2. The summed E-state index contributed by atoms with van der Waals surface area (Å²) in [6.07, 6.45) is 2.73. The van der Waals surface area contributed by atoms with Gasteiger partial charge < -0.3 is 9.47 Å². The van der Waals surface area contributed by atoms with Crippen molar-refractivity contribution in [3.8, 4) is 0 Å². The van der Waals surface area contributed by atoms with Gasteiger partial charge in [0.15, 0.2) is 11.6 Å². The predicted octanol–water partition coefficient (Wildman–Crippen LogP) is 1.94. The van der Waals surface area contributed by atoms with Crippen LogP contribution < -0.4 is 0 Å². The molecule has 1 atom stereocenters. The molecule has 0 aromatic rings. The van der Waals surface area contributed by atoms with Crippen LogP contribution in [0.15, 0.2) is 23.0 Å². The van der Waals surface area contributed by atoms with E-state index in [1.165, 1.54) is 14.0 Å². The van der Waals surface area contributed by atoms with E-state index in [1.807, 2.05) is 19.9 Å². The second-order valence-corrected chi connectivity index (χ2v) is 5.32. The predicted molar refractivity (Wildman–Crippen MR) is 66.0 cm³/mol. The first kappa shape index (κ1) is 13.0. The molecule has 0 fully saturated rings. The largest absolute Gasteiger partial charge is 0.500 e. The molecule has 18 heavy (non-hydrogen) atoms. The fourth-order valence-corrected chi connectivity index (χ4v) is 2.46. The van der Waals surface area contributed by atoms with Gasteiger partial charge in [-0.15, -0.1) is 0 Å². The summed E-state index contributed by atoms with van der Waals surface area (Å²) in [5.74, 6) is -0.0560. The van der Waals surface area contributed by atoms with Crippen LogP contribution in [0.5, 0.6) is 0 Å². The van der Waals surface area contributed by atoms with Crippen molar-refractivity contribution in [3.05, 3.63) is 23.0 Å². The highest BCUT2D eigenvalue weighted by molar-refractivity contribution is 6.26. The number of carbonyl (C=O) groups excluding carboxylic acids is 2. The molecule has 2 rings (SSSR count). The Balaban J connectivity index is 2.43. The molecule has 1 heterocycles. The molecule has 0 N–H and O–H groups in total. The first-order valence-corrected chi connectivity index (χ1v) is 6.06. The Morgan fingerprint density at radius 1 is 1.50 bits per heavy atom. The molecule has 2 aliphatic rings. The molecule has 0 saturated heterocycles. The van der Waals surface area contributed by atoms with E-state index >= 15 is 0 Å². The van der Waals surface area contributed by atoms with Crippen LogP contribution in [0.2, 0.25) is 0 Å². The Kier molecular flexibility index (Phi) is 3.15. The first-order valence-electron chi connectivity index (χ1n) is 6.06. The number of ether oxygens (including phenoxy) is 2. The monoisotopic (exact) mass is 250 g/mol. The number of methoxy groups -OCH3 is 1. The maximum atomic E-state index is 12.3. The fourth-order valence-electron chi connectivity index (χ4n) is 2.46. The SMILES string of the molecule is COC1=C(C(C)=O)C(=O)C2=CCC(C)(C)OC2C1. The lowest BCUT2D eigenvalue weighted by molar-refractivity contribution is -0.123. The average Bonchev–Trinajstić information content (AvgIpc) is 2.26. The quantitative estimate of drug-likeness (QED) is 0.703. The molecular formula is C14H18O4. The van der Waals surface area contributed by atoms with Crippen molar-refractivity contribution in [2.24, 2.45) is 0 Å². The highest BCUT2D eigenvalue weighted by Gasteiger charge is 2.40. The van der Waals surface area contributed by atoms with E-state index in [0.717, 1.165) is 0 Å². The second kappa shape index (κ2) is 4.35. The smallest absolute Gasteiger partial charge is 0.198 e. The van der Waals surface area contributed by atoms with E-state index in [0.29, 0.717) is 24.2 Å². The molecule has 4 nitrogen and oxygen atoms in total. The number of hydrogen-bond acceptors (Lipinski definition) is 4. The van der Waals surface area contributed by atoms with Crippen molar-refractivity contribution in [2.75, 3.05) is 7.11 Å². The number of ketones is 2. The van der Waals surface area contributed by atoms with Gasteiger partial charge in [-0.25, -0.2) is 0 Å². The van der Waals surface area contributed by atoms with Gasteiger partial charge in [-0.3, -0.25) is 9.59 Å². The molecule has 4 heteroatoms. The minimum atomic E-state index is -0.292. The van der Waals surface area contributed by atoms with Crippen molar-refractivity contribution >= 4 is 11.6 Å². The van der Waals surface area contributed by atoms with E-state index < -0.39 is 0 Å². The van der Waals surface area contributed by atoms with Gasteiger partial charge in [0.2, 0.25) is 0 Å². The van der Waals surface area contributed by atoms with Gasteiger partial charge in [0.25, 0.3) is 0 Å². The Morgan fingerprint density at radius 3 is 2.72 bits per heavy atom. The molecule has 0 radical (unpaired) electrons. The molecule has 1 unspecified atom stereocenters. The topological polar surface area (TPSA) is 52.6 Å². The number of fused-ring (bicyclic) bond motifs is 1. The molecular weight excluding hydrogens is 232 g/mol. The zero-order valence-electron chi connectivity index (χ0n) is 11.2. The van der Waals surface area contributed by atoms with Crippen LogP contribution in [-0.2, 0) is 19.1 Å². The summed E-state index contributed by atoms with van der Waals surface area (Å²) in [6, 6.07) is 0. The molecule has 0 spiro atoms. The van der Waals surface area contributed by atoms with E-state index in [1.54, 1.807) is 0 Å². The average molecular weight is 250 g/mol. The third-order valence-corrected chi connectivity index (χ3v) is 3.36. The molecule has 0 aromatic heterocycles. The van der Waals surface area contributed by atoms with Gasteiger partial charge in [0, 0.05) is 12.0 Å². The van der Waals surface area contributed by atoms with Gasteiger partial charge in [0.1, 0.15) is 11.3 Å². The van der Waals surface area contributed by atoms with Crippen molar-refractivity contribution in [3.63, 3.8) is 0 Å². The zero-order chi connectivity index (χ0) is 13.5. The molecule has 98 valence electrons. The highest BCUT2D eigenvalue weighted by Crippen LogP contribution is 2.36. The Morgan fingerprint density at radius 2 is 2.17 bits per heavy atom. The lowest BCUT2D eigenvalue weighted by Crippen LogP contribution is -2.41. The van der Waals surface area contributed by atoms with Crippen molar-refractivity contribution < 1.29 is 19.1 Å². The zero-order valence-corrected chi connectivity index (χ0v) is 11.2. The fraction of sp³-hybridized carbons (Fsp3) is 0.571. The molecule has 0 saturated carbocycles. The summed E-state index contributed by atoms with van der Waals surface area (Å²) >= 11 is 0. The summed E-state index contributed by atoms with van der Waals surface area (Å²) in [6.45, 7) is 5.36. The Labute approximate surface area is 107 Å². The maximum Gasteiger partial charge on any atom is 0.198 e. The maximum absolute atomic E-state index is 12.3. The van der Waals surface area contributed by atoms with Crippen LogP contribution in [-0.4, -0.2) is 30.4 Å². The second-order valence-electron chi connectivity index (χ2n) is 5.32. The van der Waals surface area contributed by atoms with Gasteiger partial charge in [-0.2, -0.15) is 0 Å². The lowest BCUT2D eigenvalue weighted by atomic mass is 9.83. The van der Waals surface area contributed by atoms with Gasteiger partial charge in [0.05, 0.1) is 18.8 Å². The number of Topliss-reactive ketones (excluding diaryl/α,β-unsaturated/α-hetero) is 2. The van der Waals surface area contributed by atoms with E-state index in [2.05, 4.69) is 0 Å². The molecule has 1 aliphatic heterocycles. The Bertz CT molecular complexity index is 468. The summed E-state index contributed by atoms with van der Waals surface area (Å²) in [5.41, 5.74) is 0.490. The minimum absolute atomic E-state index is 0.170. The molecule has 0 aromatic carbocycles. The summed E-state index contributed by atoms with van der Waals surface area (Å²) in [4.78, 5) is 23.8. The normalized spacial score (nSPS) is 26.6. The highest BCUT2D eigenvalue weighted by atomic mass is 16.5. The Hall–Kier alpha value is -1.42. The number of carbonyl (C=O) groups is 2. The van der Waals surface area contributed by atoms with Crippen molar-refractivity contribution in [1.82, 2.24) is 0 Å². The van der Waals surface area contributed by atoms with Crippen LogP contribution in [0.1, 0.15) is 33.6 Å². The standard InChI is InChI=1S/C14H18O4/c1-8(15)12-11(17-4)7-10-9(13(12)16)5-6-14(2,3)18-10/h5,10H,6-7H2,1-4H3. The molecule has 0 amide bonds. The number of allylic oxidation sites excluding steroid dienone is 1. The lowest BCUT2D eigenvalue weighted by Gasteiger charge is -2.38. The van der Waals surface area contributed by atoms with Crippen LogP contribution in [0.4, 0.5) is 0 Å². The van der Waals surface area contributed by atoms with Crippen molar-refractivity contribution in [2.45, 2.75) is 45.3 Å². The van der Waals surface area contributed by atoms with Gasteiger partial charge >= 0.3 is 0 Å². The number of hydrogen-bond donors (Lipinski definition) is 0. The summed E-state index contributed by atoms with van der Waals surface area (Å²) in [5, 5.41) is 0. The van der Waals surface area contributed by atoms with Crippen LogP contribution in [0, 0.1) is 0 Å². The third kappa shape index (κ3) is 2.12. The van der Waals surface area contributed by atoms with E-state index in [9.17, 15) is 9.59 Å². The van der Waals surface area contributed by atoms with Gasteiger partial charge in [-0.1, -0.05) is 6.08 Å². The summed E-state index contributed by atoms with van der Waals surface area (Å²) in [7, 11) is 1.48. The third-order valence-electron chi connectivity index (χ3n) is 3.36. The first-order chi connectivity index (χ1) is 8.35.